The second-order valence-electron chi connectivity index (χ2n) is 7.19. The van der Waals surface area contributed by atoms with Gasteiger partial charge in [-0.05, 0) is 48.5 Å². The largest absolute Gasteiger partial charge is 0.480 e. The van der Waals surface area contributed by atoms with E-state index in [4.69, 9.17) is 5.73 Å². The Morgan fingerprint density at radius 2 is 1.68 bits per heavy atom. The molecule has 31 heavy (non-hydrogen) atoms. The van der Waals surface area contributed by atoms with Crippen LogP contribution in [0, 0.1) is 0 Å². The average molecular weight is 467 g/mol. The normalized spacial score (nSPS) is 14.0. The van der Waals surface area contributed by atoms with Gasteiger partial charge in [-0.2, -0.15) is 23.5 Å². The molecule has 0 fully saturated rings. The number of thioether (sulfide) groups is 2. The number of para-hydroxylation sites is 1. The van der Waals surface area contributed by atoms with E-state index in [2.05, 4.69) is 15.6 Å². The van der Waals surface area contributed by atoms with Crippen molar-refractivity contribution >= 4 is 52.2 Å². The highest BCUT2D eigenvalue weighted by Crippen LogP contribution is 2.19. The molecule has 0 radical (unpaired) electrons. The molecule has 10 heteroatoms. The molecule has 1 aromatic heterocycles. The van der Waals surface area contributed by atoms with Gasteiger partial charge < -0.3 is 26.5 Å². The van der Waals surface area contributed by atoms with Crippen LogP contribution in [0.15, 0.2) is 30.5 Å². The second kappa shape index (κ2) is 12.6. The van der Waals surface area contributed by atoms with Crippen LogP contribution in [-0.4, -0.2) is 70.0 Å². The van der Waals surface area contributed by atoms with Crippen LogP contribution < -0.4 is 16.4 Å². The third-order valence-electron chi connectivity index (χ3n) is 4.93. The number of carboxylic acid groups (broad SMARTS) is 1. The van der Waals surface area contributed by atoms with Crippen molar-refractivity contribution in [3.05, 3.63) is 36.0 Å². The molecule has 0 saturated carbocycles. The van der Waals surface area contributed by atoms with E-state index in [1.165, 1.54) is 11.8 Å². The molecule has 3 unspecified atom stereocenters. The Morgan fingerprint density at radius 1 is 1.03 bits per heavy atom. The van der Waals surface area contributed by atoms with Gasteiger partial charge in [0.25, 0.3) is 0 Å². The Labute approximate surface area is 190 Å². The van der Waals surface area contributed by atoms with Crippen LogP contribution in [0.4, 0.5) is 0 Å². The summed E-state index contributed by atoms with van der Waals surface area (Å²) in [5.74, 6) is -0.745. The second-order valence-corrected chi connectivity index (χ2v) is 9.16. The van der Waals surface area contributed by atoms with Gasteiger partial charge in [0.2, 0.25) is 11.8 Å². The standard InChI is InChI=1S/C21H30N4O4S2/c1-30-9-7-15(22)19(26)25-18(20(27)24-17(21(28)29)8-10-31-2)11-13-12-23-16-6-4-3-5-14(13)16/h3-6,12,15,17-18,23H,7-11,22H2,1-2H3,(H,24,27)(H,25,26)(H,28,29). The van der Waals surface area contributed by atoms with Gasteiger partial charge in [-0.15, -0.1) is 0 Å². The van der Waals surface area contributed by atoms with Gasteiger partial charge in [0.1, 0.15) is 12.1 Å². The first-order valence-electron chi connectivity index (χ1n) is 9.99. The van der Waals surface area contributed by atoms with E-state index in [0.29, 0.717) is 18.6 Å². The van der Waals surface area contributed by atoms with Crippen molar-refractivity contribution in [1.29, 1.82) is 0 Å². The smallest absolute Gasteiger partial charge is 0.326 e. The van der Waals surface area contributed by atoms with Crippen molar-refractivity contribution in [1.82, 2.24) is 15.6 Å². The topological polar surface area (TPSA) is 137 Å². The number of aliphatic carboxylic acids is 1. The Kier molecular flexibility index (Phi) is 10.2. The fraction of sp³-hybridized carbons (Fsp3) is 0.476. The van der Waals surface area contributed by atoms with Gasteiger partial charge >= 0.3 is 5.97 Å². The first-order chi connectivity index (χ1) is 14.9. The zero-order chi connectivity index (χ0) is 22.8. The SMILES string of the molecule is CSCCC(N)C(=O)NC(Cc1c[nH]c2ccccc12)C(=O)NC(CCSC)C(=O)O. The third-order valence-corrected chi connectivity index (χ3v) is 6.21. The van der Waals surface area contributed by atoms with Crippen molar-refractivity contribution in [2.75, 3.05) is 24.0 Å². The van der Waals surface area contributed by atoms with Crippen molar-refractivity contribution < 1.29 is 19.5 Å². The van der Waals surface area contributed by atoms with Gasteiger partial charge in [-0.1, -0.05) is 18.2 Å². The minimum absolute atomic E-state index is 0.214. The highest BCUT2D eigenvalue weighted by Gasteiger charge is 2.28. The molecule has 2 aromatic rings. The summed E-state index contributed by atoms with van der Waals surface area (Å²) in [6, 6.07) is 4.96. The predicted octanol–water partition coefficient (Wildman–Crippen LogP) is 1.60. The quantitative estimate of drug-likeness (QED) is 0.302. The summed E-state index contributed by atoms with van der Waals surface area (Å²) in [5, 5.41) is 15.7. The van der Waals surface area contributed by atoms with Crippen LogP contribution in [0.1, 0.15) is 18.4 Å². The molecule has 0 aliphatic carbocycles. The fourth-order valence-electron chi connectivity index (χ4n) is 3.15. The van der Waals surface area contributed by atoms with Crippen LogP contribution in [0.5, 0.6) is 0 Å². The number of amides is 2. The first kappa shape index (κ1) is 25.1. The monoisotopic (exact) mass is 466 g/mol. The number of carbonyl (C=O) groups is 3. The number of nitrogens with two attached hydrogens (primary N) is 1. The minimum atomic E-state index is -1.10. The molecule has 3 atom stereocenters. The highest BCUT2D eigenvalue weighted by atomic mass is 32.2. The van der Waals surface area contributed by atoms with Gasteiger partial charge in [0.15, 0.2) is 0 Å². The van der Waals surface area contributed by atoms with E-state index < -0.39 is 35.9 Å². The maximum Gasteiger partial charge on any atom is 0.326 e. The molecular weight excluding hydrogens is 436 g/mol. The number of carboxylic acids is 1. The molecular formula is C21H30N4O4S2. The van der Waals surface area contributed by atoms with Crippen LogP contribution in [0.2, 0.25) is 0 Å². The zero-order valence-electron chi connectivity index (χ0n) is 17.7. The van der Waals surface area contributed by atoms with Gasteiger partial charge in [0.05, 0.1) is 6.04 Å². The average Bonchev–Trinajstić information content (AvgIpc) is 3.16. The van der Waals surface area contributed by atoms with Crippen molar-refractivity contribution in [2.45, 2.75) is 37.4 Å². The van der Waals surface area contributed by atoms with Crippen molar-refractivity contribution in [3.63, 3.8) is 0 Å². The van der Waals surface area contributed by atoms with E-state index in [0.717, 1.165) is 22.2 Å². The molecule has 6 N–H and O–H groups in total. The van der Waals surface area contributed by atoms with E-state index in [-0.39, 0.29) is 6.42 Å². The lowest BCUT2D eigenvalue weighted by Crippen LogP contribution is -2.55. The number of hydrogen-bond donors (Lipinski definition) is 5. The Bertz CT molecular complexity index is 889. The zero-order valence-corrected chi connectivity index (χ0v) is 19.4. The summed E-state index contributed by atoms with van der Waals surface area (Å²) in [5.41, 5.74) is 7.74. The number of rotatable bonds is 13. The number of fused-ring (bicyclic) bond motifs is 1. The molecule has 0 aliphatic rings. The lowest BCUT2D eigenvalue weighted by Gasteiger charge is -2.23. The number of nitrogens with one attached hydrogen (secondary N) is 3. The maximum absolute atomic E-state index is 13.0. The van der Waals surface area contributed by atoms with E-state index in [9.17, 15) is 19.5 Å². The highest BCUT2D eigenvalue weighted by molar-refractivity contribution is 7.98. The van der Waals surface area contributed by atoms with Crippen molar-refractivity contribution in [2.24, 2.45) is 5.73 Å². The molecule has 1 aromatic carbocycles. The summed E-state index contributed by atoms with van der Waals surface area (Å²) >= 11 is 3.09. The predicted molar refractivity (Wildman–Crippen MR) is 127 cm³/mol. The third kappa shape index (κ3) is 7.48. The summed E-state index contributed by atoms with van der Waals surface area (Å²) in [6.45, 7) is 0. The van der Waals surface area contributed by atoms with Crippen LogP contribution in [0.25, 0.3) is 10.9 Å². The van der Waals surface area contributed by atoms with Gasteiger partial charge in [0, 0.05) is 23.5 Å². The summed E-state index contributed by atoms with van der Waals surface area (Å²) in [7, 11) is 0. The Hall–Kier alpha value is -2.17. The molecule has 2 amide bonds. The number of aromatic amines is 1. The van der Waals surface area contributed by atoms with Crippen LogP contribution >= 0.6 is 23.5 Å². The number of carbonyl (C=O) groups excluding carboxylic acids is 2. The lowest BCUT2D eigenvalue weighted by atomic mass is 10.0. The molecule has 170 valence electrons. The molecule has 0 spiro atoms. The van der Waals surface area contributed by atoms with E-state index >= 15 is 0 Å². The lowest BCUT2D eigenvalue weighted by molar-refractivity contribution is -0.142. The molecule has 0 saturated heterocycles. The molecule has 8 nitrogen and oxygen atoms in total. The van der Waals surface area contributed by atoms with Gasteiger partial charge in [-0.3, -0.25) is 9.59 Å². The summed E-state index contributed by atoms with van der Waals surface area (Å²) in [4.78, 5) is 40.3. The molecule has 1 heterocycles. The number of H-pyrrole nitrogens is 1. The maximum atomic E-state index is 13.0. The van der Waals surface area contributed by atoms with Crippen LogP contribution in [0.3, 0.4) is 0 Å². The van der Waals surface area contributed by atoms with Crippen molar-refractivity contribution in [3.8, 4) is 0 Å². The minimum Gasteiger partial charge on any atom is -0.480 e. The molecule has 0 bridgehead atoms. The molecule has 2 rings (SSSR count). The number of benzene rings is 1. The fourth-order valence-corrected chi connectivity index (χ4v) is 4.11. The van der Waals surface area contributed by atoms with Gasteiger partial charge in [-0.25, -0.2) is 4.79 Å². The number of hydrogen-bond acceptors (Lipinski definition) is 6. The van der Waals surface area contributed by atoms with E-state index in [1.54, 1.807) is 18.0 Å². The number of aromatic nitrogens is 1. The van der Waals surface area contributed by atoms with Crippen LogP contribution in [-0.2, 0) is 20.8 Å². The Morgan fingerprint density at radius 3 is 2.35 bits per heavy atom. The van der Waals surface area contributed by atoms with E-state index in [1.807, 2.05) is 36.8 Å². The summed E-state index contributed by atoms with van der Waals surface area (Å²) in [6.07, 6.45) is 6.59. The molecule has 0 aliphatic heterocycles. The summed E-state index contributed by atoms with van der Waals surface area (Å²) < 4.78 is 0. The Balaban J connectivity index is 2.20. The first-order valence-corrected chi connectivity index (χ1v) is 12.8.